The highest BCUT2D eigenvalue weighted by molar-refractivity contribution is 5.80. The number of carbonyl (C=O) groups excluding carboxylic acids is 1. The van der Waals surface area contributed by atoms with Gasteiger partial charge in [0.2, 0.25) is 5.91 Å². The number of rotatable bonds is 4. The van der Waals surface area contributed by atoms with Crippen LogP contribution in [-0.2, 0) is 4.79 Å². The summed E-state index contributed by atoms with van der Waals surface area (Å²) in [5.41, 5.74) is 3.49. The first-order valence-corrected chi connectivity index (χ1v) is 4.06. The molecule has 0 aromatic rings. The van der Waals surface area contributed by atoms with Crippen LogP contribution in [0.5, 0.6) is 0 Å². The summed E-state index contributed by atoms with van der Waals surface area (Å²) < 4.78 is 0. The van der Waals surface area contributed by atoms with Crippen LogP contribution in [0.2, 0.25) is 0 Å². The third-order valence-electron chi connectivity index (χ3n) is 2.31. The number of primary amides is 1. The van der Waals surface area contributed by atoms with Crippen molar-refractivity contribution in [2.75, 3.05) is 0 Å². The fourth-order valence-corrected chi connectivity index (χ4v) is 1.16. The van der Waals surface area contributed by atoms with Crippen LogP contribution in [0.1, 0.15) is 27.2 Å². The molecule has 0 saturated heterocycles. The van der Waals surface area contributed by atoms with Gasteiger partial charge in [0, 0.05) is 0 Å². The van der Waals surface area contributed by atoms with Crippen molar-refractivity contribution in [3.05, 3.63) is 0 Å². The van der Waals surface area contributed by atoms with Gasteiger partial charge in [0.1, 0.15) is 5.60 Å². The predicted molar refractivity (Wildman–Crippen MR) is 45.3 cm³/mol. The molecule has 1 amide bonds. The molecule has 0 aliphatic carbocycles. The topological polar surface area (TPSA) is 83.6 Å². The van der Waals surface area contributed by atoms with Crippen molar-refractivity contribution in [2.45, 2.75) is 38.9 Å². The quantitative estimate of drug-likeness (QED) is 0.545. The lowest BCUT2D eigenvalue weighted by molar-refractivity contribution is -0.150. The molecule has 0 fully saturated rings. The molecule has 0 aromatic heterocycles. The Bertz CT molecular complexity index is 170. The summed E-state index contributed by atoms with van der Waals surface area (Å²) in [5, 5.41) is 19.1. The molecular formula is C8H17NO3. The van der Waals surface area contributed by atoms with Crippen LogP contribution in [0.3, 0.4) is 0 Å². The van der Waals surface area contributed by atoms with Gasteiger partial charge in [-0.25, -0.2) is 0 Å². The molecule has 4 N–H and O–H groups in total. The zero-order chi connectivity index (χ0) is 9.94. The van der Waals surface area contributed by atoms with E-state index in [0.717, 1.165) is 0 Å². The monoisotopic (exact) mass is 175 g/mol. The maximum atomic E-state index is 10.6. The van der Waals surface area contributed by atoms with Gasteiger partial charge in [0.05, 0.1) is 0 Å². The van der Waals surface area contributed by atoms with Crippen LogP contribution in [0, 0.1) is 5.92 Å². The molecule has 1 unspecified atom stereocenters. The highest BCUT2D eigenvalue weighted by Crippen LogP contribution is 2.24. The molecule has 0 radical (unpaired) electrons. The first-order valence-electron chi connectivity index (χ1n) is 4.06. The third kappa shape index (κ3) is 1.95. The second-order valence-electron chi connectivity index (χ2n) is 3.30. The molecule has 0 heterocycles. The van der Waals surface area contributed by atoms with Crippen molar-refractivity contribution in [1.82, 2.24) is 0 Å². The van der Waals surface area contributed by atoms with E-state index in [0.29, 0.717) is 6.42 Å². The molecule has 12 heavy (non-hydrogen) atoms. The number of aliphatic hydroxyl groups excluding tert-OH is 1. The SMILES string of the molecule is CC[C@@](O)(C(C)C)C(O)C(N)=O. The fraction of sp³-hybridized carbons (Fsp3) is 0.875. The average molecular weight is 175 g/mol. The molecule has 0 rings (SSSR count). The summed E-state index contributed by atoms with van der Waals surface area (Å²) in [7, 11) is 0. The normalized spacial score (nSPS) is 18.8. The molecule has 0 aliphatic heterocycles. The summed E-state index contributed by atoms with van der Waals surface area (Å²) in [6.07, 6.45) is -1.18. The highest BCUT2D eigenvalue weighted by atomic mass is 16.3. The van der Waals surface area contributed by atoms with E-state index in [1.807, 2.05) is 0 Å². The summed E-state index contributed by atoms with van der Waals surface area (Å²) in [5.74, 6) is -1.09. The Morgan fingerprint density at radius 2 is 2.00 bits per heavy atom. The van der Waals surface area contributed by atoms with Crippen LogP contribution < -0.4 is 5.73 Å². The molecule has 2 atom stereocenters. The Kier molecular flexibility index (Phi) is 3.67. The van der Waals surface area contributed by atoms with E-state index in [1.165, 1.54) is 0 Å². The molecule has 0 spiro atoms. The van der Waals surface area contributed by atoms with Gasteiger partial charge in [-0.05, 0) is 12.3 Å². The van der Waals surface area contributed by atoms with E-state index in [-0.39, 0.29) is 5.92 Å². The summed E-state index contributed by atoms with van der Waals surface area (Å²) in [4.78, 5) is 10.6. The van der Waals surface area contributed by atoms with Crippen LogP contribution in [0.4, 0.5) is 0 Å². The van der Waals surface area contributed by atoms with Gasteiger partial charge < -0.3 is 15.9 Å². The van der Waals surface area contributed by atoms with Crippen molar-refractivity contribution in [3.63, 3.8) is 0 Å². The molecule has 72 valence electrons. The van der Waals surface area contributed by atoms with E-state index in [9.17, 15) is 15.0 Å². The average Bonchev–Trinajstić information content (AvgIpc) is 2.01. The number of carbonyl (C=O) groups is 1. The van der Waals surface area contributed by atoms with Crippen molar-refractivity contribution in [3.8, 4) is 0 Å². The van der Waals surface area contributed by atoms with Crippen molar-refractivity contribution in [1.29, 1.82) is 0 Å². The minimum atomic E-state index is -1.48. The van der Waals surface area contributed by atoms with Crippen LogP contribution in [-0.4, -0.2) is 27.8 Å². The van der Waals surface area contributed by atoms with Crippen LogP contribution in [0.15, 0.2) is 0 Å². The lowest BCUT2D eigenvalue weighted by Crippen LogP contribution is -2.52. The molecular weight excluding hydrogens is 158 g/mol. The van der Waals surface area contributed by atoms with E-state index >= 15 is 0 Å². The molecule has 4 heteroatoms. The lowest BCUT2D eigenvalue weighted by atomic mass is 9.82. The van der Waals surface area contributed by atoms with Gasteiger partial charge in [-0.1, -0.05) is 20.8 Å². The van der Waals surface area contributed by atoms with Gasteiger partial charge in [-0.3, -0.25) is 4.79 Å². The predicted octanol–water partition coefficient (Wildman–Crippen LogP) is -0.370. The molecule has 0 aromatic carbocycles. The smallest absolute Gasteiger partial charge is 0.249 e. The number of amides is 1. The van der Waals surface area contributed by atoms with E-state index in [4.69, 9.17) is 5.73 Å². The molecule has 0 saturated carbocycles. The standard InChI is InChI=1S/C8H17NO3/c1-4-8(12,5(2)3)6(10)7(9)11/h5-6,10,12H,4H2,1-3H3,(H2,9,11)/t6?,8-/m1/s1. The third-order valence-corrected chi connectivity index (χ3v) is 2.31. The first-order chi connectivity index (χ1) is 5.36. The lowest BCUT2D eigenvalue weighted by Gasteiger charge is -2.33. The Labute approximate surface area is 72.4 Å². The number of hydrogen-bond donors (Lipinski definition) is 3. The Balaban J connectivity index is 4.62. The number of hydrogen-bond acceptors (Lipinski definition) is 3. The number of aliphatic hydroxyl groups is 2. The van der Waals surface area contributed by atoms with Crippen LogP contribution in [0.25, 0.3) is 0 Å². The van der Waals surface area contributed by atoms with Crippen molar-refractivity contribution < 1.29 is 15.0 Å². The van der Waals surface area contributed by atoms with Gasteiger partial charge in [-0.15, -0.1) is 0 Å². The molecule has 0 bridgehead atoms. The fourth-order valence-electron chi connectivity index (χ4n) is 1.16. The minimum Gasteiger partial charge on any atom is -0.386 e. The molecule has 4 nitrogen and oxygen atoms in total. The second kappa shape index (κ2) is 3.87. The van der Waals surface area contributed by atoms with E-state index in [1.54, 1.807) is 20.8 Å². The number of nitrogens with two attached hydrogens (primary N) is 1. The van der Waals surface area contributed by atoms with E-state index in [2.05, 4.69) is 0 Å². The van der Waals surface area contributed by atoms with Crippen molar-refractivity contribution >= 4 is 5.91 Å². The minimum absolute atomic E-state index is 0.204. The van der Waals surface area contributed by atoms with Gasteiger partial charge in [-0.2, -0.15) is 0 Å². The van der Waals surface area contributed by atoms with Gasteiger partial charge >= 0.3 is 0 Å². The van der Waals surface area contributed by atoms with Crippen molar-refractivity contribution in [2.24, 2.45) is 11.7 Å². The van der Waals surface area contributed by atoms with Crippen LogP contribution >= 0.6 is 0 Å². The Morgan fingerprint density at radius 3 is 2.08 bits per heavy atom. The molecule has 0 aliphatic rings. The zero-order valence-corrected chi connectivity index (χ0v) is 7.74. The van der Waals surface area contributed by atoms with Gasteiger partial charge in [0.15, 0.2) is 6.10 Å². The van der Waals surface area contributed by atoms with Gasteiger partial charge in [0.25, 0.3) is 0 Å². The maximum Gasteiger partial charge on any atom is 0.249 e. The summed E-state index contributed by atoms with van der Waals surface area (Å²) in [6, 6.07) is 0. The Morgan fingerprint density at radius 1 is 1.58 bits per heavy atom. The highest BCUT2D eigenvalue weighted by Gasteiger charge is 2.40. The largest absolute Gasteiger partial charge is 0.386 e. The zero-order valence-electron chi connectivity index (χ0n) is 7.74. The maximum absolute atomic E-state index is 10.6. The first kappa shape index (κ1) is 11.4. The Hall–Kier alpha value is -0.610. The second-order valence-corrected chi connectivity index (χ2v) is 3.30. The summed E-state index contributed by atoms with van der Waals surface area (Å²) >= 11 is 0. The summed E-state index contributed by atoms with van der Waals surface area (Å²) in [6.45, 7) is 5.16. The van der Waals surface area contributed by atoms with E-state index < -0.39 is 17.6 Å².